The Kier molecular flexibility index (Phi) is 6.52. The fourth-order valence-corrected chi connectivity index (χ4v) is 2.95. The molecule has 0 bridgehead atoms. The maximum absolute atomic E-state index is 5.67. The van der Waals surface area contributed by atoms with Crippen LogP contribution in [0.1, 0.15) is 58.3 Å². The molecule has 3 N–H and O–H groups in total. The van der Waals surface area contributed by atoms with Crippen LogP contribution in [0, 0.1) is 24.2 Å². The van der Waals surface area contributed by atoms with Crippen LogP contribution in [0.25, 0.3) is 0 Å². The molecule has 1 fully saturated rings. The van der Waals surface area contributed by atoms with Crippen LogP contribution in [0.2, 0.25) is 0 Å². The standard InChI is InChI=1S/C14H26N2/c1-3-5-6-10-14(16-15)13-9-7-8-12(4-2)11-13/h1,12-14,16H,4-11,15H2,2H3. The van der Waals surface area contributed by atoms with E-state index in [-0.39, 0.29) is 0 Å². The first-order valence-corrected chi connectivity index (χ1v) is 6.71. The summed E-state index contributed by atoms with van der Waals surface area (Å²) in [6.45, 7) is 2.30. The molecule has 0 saturated heterocycles. The second-order valence-corrected chi connectivity index (χ2v) is 5.07. The van der Waals surface area contributed by atoms with Gasteiger partial charge in [-0.1, -0.05) is 26.2 Å². The van der Waals surface area contributed by atoms with Gasteiger partial charge < -0.3 is 0 Å². The van der Waals surface area contributed by atoms with E-state index in [1.807, 2.05) is 0 Å². The lowest BCUT2D eigenvalue weighted by Crippen LogP contribution is -2.42. The summed E-state index contributed by atoms with van der Waals surface area (Å²) in [7, 11) is 0. The van der Waals surface area contributed by atoms with E-state index in [0.29, 0.717) is 6.04 Å². The Balaban J connectivity index is 2.36. The Labute approximate surface area is 100 Å². The minimum absolute atomic E-state index is 0.475. The van der Waals surface area contributed by atoms with E-state index in [1.165, 1.54) is 32.1 Å². The average Bonchev–Trinajstić information content (AvgIpc) is 2.35. The van der Waals surface area contributed by atoms with Gasteiger partial charge >= 0.3 is 0 Å². The van der Waals surface area contributed by atoms with Crippen LogP contribution in [-0.4, -0.2) is 6.04 Å². The normalized spacial score (nSPS) is 27.3. The molecule has 0 aliphatic heterocycles. The molecule has 0 spiro atoms. The van der Waals surface area contributed by atoms with Crippen molar-refractivity contribution in [2.24, 2.45) is 17.7 Å². The van der Waals surface area contributed by atoms with Crippen molar-refractivity contribution in [1.82, 2.24) is 5.43 Å². The van der Waals surface area contributed by atoms with Gasteiger partial charge in [-0.2, -0.15) is 0 Å². The highest BCUT2D eigenvalue weighted by Crippen LogP contribution is 2.33. The maximum atomic E-state index is 5.67. The van der Waals surface area contributed by atoms with Crippen LogP contribution in [0.5, 0.6) is 0 Å². The third-order valence-electron chi connectivity index (χ3n) is 4.02. The van der Waals surface area contributed by atoms with E-state index in [9.17, 15) is 0 Å². The van der Waals surface area contributed by atoms with Gasteiger partial charge in [0, 0.05) is 12.5 Å². The summed E-state index contributed by atoms with van der Waals surface area (Å²) >= 11 is 0. The molecule has 1 rings (SSSR count). The molecule has 1 aliphatic rings. The Bertz CT molecular complexity index is 219. The van der Waals surface area contributed by atoms with E-state index in [0.717, 1.165) is 31.1 Å². The van der Waals surface area contributed by atoms with E-state index < -0.39 is 0 Å². The van der Waals surface area contributed by atoms with Gasteiger partial charge in [-0.15, -0.1) is 12.3 Å². The zero-order chi connectivity index (χ0) is 11.8. The minimum atomic E-state index is 0.475. The topological polar surface area (TPSA) is 38.0 Å². The molecule has 92 valence electrons. The van der Waals surface area contributed by atoms with Crippen LogP contribution in [0.3, 0.4) is 0 Å². The lowest BCUT2D eigenvalue weighted by molar-refractivity contribution is 0.201. The molecular formula is C14H26N2. The Hall–Kier alpha value is -0.520. The number of unbranched alkanes of at least 4 members (excludes halogenated alkanes) is 1. The summed E-state index contributed by atoms with van der Waals surface area (Å²) < 4.78 is 0. The highest BCUT2D eigenvalue weighted by molar-refractivity contribution is 4.86. The molecule has 2 heteroatoms. The lowest BCUT2D eigenvalue weighted by Gasteiger charge is -2.34. The van der Waals surface area contributed by atoms with Gasteiger partial charge in [0.2, 0.25) is 0 Å². The van der Waals surface area contributed by atoms with Crippen molar-refractivity contribution >= 4 is 0 Å². The van der Waals surface area contributed by atoms with Gasteiger partial charge in [-0.05, 0) is 37.5 Å². The molecule has 0 heterocycles. The summed E-state index contributed by atoms with van der Waals surface area (Å²) in [5.41, 5.74) is 3.01. The van der Waals surface area contributed by atoms with Crippen molar-refractivity contribution in [3.05, 3.63) is 0 Å². The first-order chi connectivity index (χ1) is 7.81. The molecule has 0 amide bonds. The van der Waals surface area contributed by atoms with Crippen LogP contribution in [0.4, 0.5) is 0 Å². The predicted octanol–water partition coefficient (Wildman–Crippen LogP) is 2.84. The fraction of sp³-hybridized carbons (Fsp3) is 0.857. The number of nitrogens with one attached hydrogen (secondary N) is 1. The Morgan fingerprint density at radius 3 is 2.94 bits per heavy atom. The van der Waals surface area contributed by atoms with Crippen LogP contribution in [-0.2, 0) is 0 Å². The van der Waals surface area contributed by atoms with Gasteiger partial charge in [0.1, 0.15) is 0 Å². The number of hydrogen-bond acceptors (Lipinski definition) is 2. The maximum Gasteiger partial charge on any atom is 0.0239 e. The number of rotatable bonds is 6. The number of hydrazine groups is 1. The van der Waals surface area contributed by atoms with E-state index >= 15 is 0 Å². The first-order valence-electron chi connectivity index (χ1n) is 6.71. The molecule has 0 aromatic carbocycles. The highest BCUT2D eigenvalue weighted by Gasteiger charge is 2.26. The second-order valence-electron chi connectivity index (χ2n) is 5.07. The van der Waals surface area contributed by atoms with Gasteiger partial charge in [0.25, 0.3) is 0 Å². The van der Waals surface area contributed by atoms with Crippen LogP contribution >= 0.6 is 0 Å². The quantitative estimate of drug-likeness (QED) is 0.314. The highest BCUT2D eigenvalue weighted by atomic mass is 15.2. The van der Waals surface area contributed by atoms with Gasteiger partial charge in [-0.25, -0.2) is 0 Å². The molecule has 3 unspecified atom stereocenters. The summed E-state index contributed by atoms with van der Waals surface area (Å²) in [4.78, 5) is 0. The minimum Gasteiger partial charge on any atom is -0.271 e. The summed E-state index contributed by atoms with van der Waals surface area (Å²) in [6.07, 6.45) is 15.2. The zero-order valence-electron chi connectivity index (χ0n) is 10.5. The van der Waals surface area contributed by atoms with E-state index in [4.69, 9.17) is 12.3 Å². The summed E-state index contributed by atoms with van der Waals surface area (Å²) in [5, 5.41) is 0. The molecule has 1 saturated carbocycles. The van der Waals surface area contributed by atoms with Gasteiger partial charge in [0.05, 0.1) is 0 Å². The Morgan fingerprint density at radius 1 is 1.50 bits per heavy atom. The lowest BCUT2D eigenvalue weighted by atomic mass is 9.76. The van der Waals surface area contributed by atoms with Crippen molar-refractivity contribution in [2.45, 2.75) is 64.3 Å². The van der Waals surface area contributed by atoms with Crippen LogP contribution < -0.4 is 11.3 Å². The van der Waals surface area contributed by atoms with Crippen molar-refractivity contribution in [1.29, 1.82) is 0 Å². The molecule has 0 aromatic rings. The molecule has 3 atom stereocenters. The Morgan fingerprint density at radius 2 is 2.31 bits per heavy atom. The third-order valence-corrected chi connectivity index (χ3v) is 4.02. The van der Waals surface area contributed by atoms with Gasteiger partial charge in [-0.3, -0.25) is 11.3 Å². The second kappa shape index (κ2) is 7.70. The smallest absolute Gasteiger partial charge is 0.0239 e. The molecule has 16 heavy (non-hydrogen) atoms. The SMILES string of the molecule is C#CCCCC(NN)C1CCCC(CC)C1. The fourth-order valence-electron chi connectivity index (χ4n) is 2.95. The van der Waals surface area contributed by atoms with Crippen molar-refractivity contribution in [2.75, 3.05) is 0 Å². The molecule has 0 aromatic heterocycles. The largest absolute Gasteiger partial charge is 0.271 e. The van der Waals surface area contributed by atoms with E-state index in [2.05, 4.69) is 18.3 Å². The monoisotopic (exact) mass is 222 g/mol. The molecule has 1 aliphatic carbocycles. The molecular weight excluding hydrogens is 196 g/mol. The zero-order valence-corrected chi connectivity index (χ0v) is 10.5. The molecule has 2 nitrogen and oxygen atoms in total. The number of terminal acetylenes is 1. The predicted molar refractivity (Wildman–Crippen MR) is 69.5 cm³/mol. The number of hydrogen-bond donors (Lipinski definition) is 2. The molecule has 0 radical (unpaired) electrons. The van der Waals surface area contributed by atoms with Crippen molar-refractivity contribution in [3.8, 4) is 12.3 Å². The summed E-state index contributed by atoms with van der Waals surface area (Å²) in [6, 6.07) is 0.475. The van der Waals surface area contributed by atoms with Gasteiger partial charge in [0.15, 0.2) is 0 Å². The first kappa shape index (κ1) is 13.5. The van der Waals surface area contributed by atoms with Crippen molar-refractivity contribution < 1.29 is 0 Å². The van der Waals surface area contributed by atoms with Crippen molar-refractivity contribution in [3.63, 3.8) is 0 Å². The summed E-state index contributed by atoms with van der Waals surface area (Å²) in [5.74, 6) is 10.1. The van der Waals surface area contributed by atoms with E-state index in [1.54, 1.807) is 0 Å². The third kappa shape index (κ3) is 4.15. The number of nitrogens with two attached hydrogens (primary N) is 1. The van der Waals surface area contributed by atoms with Crippen LogP contribution in [0.15, 0.2) is 0 Å². The average molecular weight is 222 g/mol.